The van der Waals surface area contributed by atoms with Crippen molar-refractivity contribution in [1.82, 2.24) is 0 Å². The molecule has 0 aliphatic carbocycles. The Bertz CT molecular complexity index is 1500. The summed E-state index contributed by atoms with van der Waals surface area (Å²) >= 11 is 0. The minimum Gasteiger partial charge on any atom is -0.545 e. The van der Waals surface area contributed by atoms with E-state index in [1.165, 1.54) is 205 Å². The van der Waals surface area contributed by atoms with E-state index in [-0.39, 0.29) is 38.6 Å². The summed E-state index contributed by atoms with van der Waals surface area (Å²) in [5, 5.41) is 11.8. The monoisotopic (exact) mass is 1120 g/mol. The molecule has 0 N–H and O–H groups in total. The molecular weight excluding hydrogens is 995 g/mol. The second-order valence-corrected chi connectivity index (χ2v) is 24.1. The summed E-state index contributed by atoms with van der Waals surface area (Å²) in [7, 11) is 5.93. The summed E-state index contributed by atoms with van der Waals surface area (Å²) < 4.78 is 22.7. The Morgan fingerprint density at radius 3 is 1.07 bits per heavy atom. The van der Waals surface area contributed by atoms with E-state index in [4.69, 9.17) is 18.9 Å². The fourth-order valence-electron chi connectivity index (χ4n) is 9.82. The van der Waals surface area contributed by atoms with Gasteiger partial charge in [0.1, 0.15) is 13.2 Å². The number of hydrogen-bond acceptors (Lipinski definition) is 8. The van der Waals surface area contributed by atoms with Crippen LogP contribution in [-0.2, 0) is 33.3 Å². The van der Waals surface area contributed by atoms with Gasteiger partial charge in [-0.15, -0.1) is 0 Å². The van der Waals surface area contributed by atoms with Gasteiger partial charge in [0.25, 0.3) is 0 Å². The van der Waals surface area contributed by atoms with Crippen LogP contribution in [0.4, 0.5) is 0 Å². The first-order chi connectivity index (χ1) is 39.1. The summed E-state index contributed by atoms with van der Waals surface area (Å²) in [5.41, 5.74) is 0. The lowest BCUT2D eigenvalue weighted by molar-refractivity contribution is -0.870. The van der Waals surface area contributed by atoms with Crippen molar-refractivity contribution >= 4 is 17.9 Å². The van der Waals surface area contributed by atoms with Gasteiger partial charge in [-0.2, -0.15) is 0 Å². The minimum atomic E-state index is -1.62. The third kappa shape index (κ3) is 62.6. The average Bonchev–Trinajstić information content (AvgIpc) is 3.43. The van der Waals surface area contributed by atoms with E-state index in [1.807, 2.05) is 21.1 Å². The molecule has 2 unspecified atom stereocenters. The minimum absolute atomic E-state index is 0.148. The summed E-state index contributed by atoms with van der Waals surface area (Å²) in [6, 6.07) is 0. The molecule has 0 aliphatic rings. The maximum Gasteiger partial charge on any atom is 0.306 e. The van der Waals surface area contributed by atoms with Crippen LogP contribution in [0.3, 0.4) is 0 Å². The van der Waals surface area contributed by atoms with E-state index in [1.54, 1.807) is 0 Å². The first-order valence-corrected chi connectivity index (χ1v) is 33.9. The molecular formula is C71H129NO8. The normalized spacial score (nSPS) is 13.1. The summed E-state index contributed by atoms with van der Waals surface area (Å²) in [5.74, 6) is -2.28. The number of carboxylic acid groups (broad SMARTS) is 1. The molecule has 0 radical (unpaired) electrons. The van der Waals surface area contributed by atoms with Gasteiger partial charge in [-0.1, -0.05) is 286 Å². The maximum atomic E-state index is 12.9. The highest BCUT2D eigenvalue weighted by Gasteiger charge is 2.22. The number of nitrogens with zero attached hydrogens (tertiary/aromatic N) is 1. The molecule has 9 nitrogen and oxygen atoms in total. The molecule has 0 aromatic heterocycles. The molecule has 0 heterocycles. The van der Waals surface area contributed by atoms with Crippen LogP contribution in [0.15, 0.2) is 60.8 Å². The number of carbonyl (C=O) groups excluding carboxylic acids is 3. The smallest absolute Gasteiger partial charge is 0.306 e. The van der Waals surface area contributed by atoms with E-state index < -0.39 is 24.3 Å². The van der Waals surface area contributed by atoms with Crippen LogP contribution >= 0.6 is 0 Å². The number of unbranched alkanes of at least 4 members (excludes halogenated alkanes) is 38. The van der Waals surface area contributed by atoms with Crippen LogP contribution in [0.1, 0.15) is 316 Å². The molecule has 0 saturated heterocycles. The molecule has 0 spiro atoms. The highest BCUT2D eigenvalue weighted by molar-refractivity contribution is 5.70. The van der Waals surface area contributed by atoms with Crippen molar-refractivity contribution in [2.75, 3.05) is 47.5 Å². The van der Waals surface area contributed by atoms with Gasteiger partial charge in [0.15, 0.2) is 12.4 Å². The molecule has 0 rings (SSSR count). The van der Waals surface area contributed by atoms with Crippen LogP contribution in [0, 0.1) is 0 Å². The van der Waals surface area contributed by atoms with Crippen molar-refractivity contribution in [3.8, 4) is 0 Å². The molecule has 9 heteroatoms. The fourth-order valence-corrected chi connectivity index (χ4v) is 9.82. The van der Waals surface area contributed by atoms with E-state index in [9.17, 15) is 19.5 Å². The summed E-state index contributed by atoms with van der Waals surface area (Å²) in [4.78, 5) is 37.3. The molecule has 0 aromatic carbocycles. The molecule has 80 heavy (non-hydrogen) atoms. The SMILES string of the molecule is CC/C=C\C/C=C\C/C=C\C/C=C\CCCCCCCCCCCCCCCCCCCCCCCCCCCCC(=O)OC(COC(=O)CCCCCCC/C=C\CCCCCCCCC)COC(OCC[N+](C)(C)C)C(=O)[O-]. The predicted octanol–water partition coefficient (Wildman–Crippen LogP) is 19.4. The first-order valence-electron chi connectivity index (χ1n) is 33.9. The van der Waals surface area contributed by atoms with Crippen molar-refractivity contribution in [2.24, 2.45) is 0 Å². The van der Waals surface area contributed by atoms with Gasteiger partial charge in [-0.05, 0) is 77.0 Å². The number of allylic oxidation sites excluding steroid dienone is 10. The topological polar surface area (TPSA) is 111 Å². The van der Waals surface area contributed by atoms with Gasteiger partial charge in [-0.3, -0.25) is 9.59 Å². The number of quaternary nitrogens is 1. The molecule has 0 saturated carbocycles. The van der Waals surface area contributed by atoms with E-state index in [0.717, 1.165) is 77.0 Å². The zero-order chi connectivity index (χ0) is 58.3. The Hall–Kier alpha value is -3.01. The number of likely N-dealkylation sites (N-methyl/N-ethyl adjacent to an activating group) is 1. The molecule has 0 aliphatic heterocycles. The number of aliphatic carboxylic acids is 1. The van der Waals surface area contributed by atoms with Gasteiger partial charge in [0.05, 0.1) is 40.3 Å². The van der Waals surface area contributed by atoms with Crippen LogP contribution in [-0.4, -0.2) is 82.3 Å². The van der Waals surface area contributed by atoms with Crippen molar-refractivity contribution in [2.45, 2.75) is 328 Å². The lowest BCUT2D eigenvalue weighted by Gasteiger charge is -2.26. The quantitative estimate of drug-likeness (QED) is 0.0195. The van der Waals surface area contributed by atoms with Crippen LogP contribution in [0.2, 0.25) is 0 Å². The Balaban J connectivity index is 3.96. The third-order valence-corrected chi connectivity index (χ3v) is 15.0. The number of carboxylic acids is 1. The molecule has 2 atom stereocenters. The first kappa shape index (κ1) is 77.0. The summed E-state index contributed by atoms with van der Waals surface area (Å²) in [6.07, 6.45) is 77.5. The van der Waals surface area contributed by atoms with Crippen molar-refractivity contribution in [3.05, 3.63) is 60.8 Å². The largest absolute Gasteiger partial charge is 0.545 e. The second-order valence-electron chi connectivity index (χ2n) is 24.1. The van der Waals surface area contributed by atoms with Gasteiger partial charge in [0, 0.05) is 12.8 Å². The highest BCUT2D eigenvalue weighted by atomic mass is 16.7. The Morgan fingerprint density at radius 1 is 0.388 bits per heavy atom. The van der Waals surface area contributed by atoms with E-state index in [0.29, 0.717) is 17.4 Å². The van der Waals surface area contributed by atoms with Gasteiger partial charge >= 0.3 is 11.9 Å². The summed E-state index contributed by atoms with van der Waals surface area (Å²) in [6.45, 7) is 4.66. The van der Waals surface area contributed by atoms with Crippen molar-refractivity contribution in [1.29, 1.82) is 0 Å². The molecule has 0 fully saturated rings. The van der Waals surface area contributed by atoms with E-state index >= 15 is 0 Å². The number of carbonyl (C=O) groups is 3. The average molecular weight is 1120 g/mol. The third-order valence-electron chi connectivity index (χ3n) is 15.0. The fraction of sp³-hybridized carbons (Fsp3) is 0.817. The standard InChI is InChI=1S/C71H129NO8/c1-6-8-10-12-14-16-18-20-22-24-25-26-27-28-29-30-31-32-33-34-35-36-37-38-39-40-41-42-43-44-45-46-48-50-52-54-56-58-60-62-69(74)80-67(66-79-71(70(75)76)77-64-63-72(3,4)5)65-78-68(73)61-59-57-55-53-51-49-47-23-21-19-17-15-13-11-9-7-2/h8,10,14,16,20,22-23,25-26,47,67,71H,6-7,9,11-13,15,17-19,21,24,27-46,48-66H2,1-5H3/b10-8-,16-14-,22-20-,26-25-,47-23-. The van der Waals surface area contributed by atoms with Crippen molar-refractivity contribution in [3.63, 3.8) is 0 Å². The molecule has 0 amide bonds. The number of ether oxygens (including phenoxy) is 4. The maximum absolute atomic E-state index is 12.9. The highest BCUT2D eigenvalue weighted by Crippen LogP contribution is 2.18. The number of hydrogen-bond donors (Lipinski definition) is 0. The van der Waals surface area contributed by atoms with E-state index in [2.05, 4.69) is 74.6 Å². The second kappa shape index (κ2) is 62.0. The van der Waals surface area contributed by atoms with Crippen molar-refractivity contribution < 1.29 is 42.9 Å². The Labute approximate surface area is 495 Å². The Morgan fingerprint density at radius 2 is 0.713 bits per heavy atom. The Kier molecular flexibility index (Phi) is 59.7. The van der Waals surface area contributed by atoms with Crippen LogP contribution in [0.25, 0.3) is 0 Å². The van der Waals surface area contributed by atoms with Crippen LogP contribution < -0.4 is 5.11 Å². The van der Waals surface area contributed by atoms with Gasteiger partial charge in [-0.25, -0.2) is 0 Å². The zero-order valence-corrected chi connectivity index (χ0v) is 53.2. The predicted molar refractivity (Wildman–Crippen MR) is 338 cm³/mol. The van der Waals surface area contributed by atoms with Gasteiger partial charge in [0.2, 0.25) is 0 Å². The number of esters is 2. The molecule has 0 bridgehead atoms. The lowest BCUT2D eigenvalue weighted by atomic mass is 10.0. The number of rotatable bonds is 63. The zero-order valence-electron chi connectivity index (χ0n) is 53.2. The van der Waals surface area contributed by atoms with Crippen LogP contribution in [0.5, 0.6) is 0 Å². The van der Waals surface area contributed by atoms with Gasteiger partial charge < -0.3 is 33.3 Å². The lowest BCUT2D eigenvalue weighted by Crippen LogP contribution is -2.44. The molecule has 466 valence electrons. The molecule has 0 aromatic rings.